The van der Waals surface area contributed by atoms with Crippen LogP contribution < -0.4 is 0 Å². The Labute approximate surface area is 123 Å². The van der Waals surface area contributed by atoms with Crippen LogP contribution in [0.5, 0.6) is 0 Å². The van der Waals surface area contributed by atoms with Gasteiger partial charge in [-0.25, -0.2) is 4.79 Å². The fourth-order valence-corrected chi connectivity index (χ4v) is 2.32. The summed E-state index contributed by atoms with van der Waals surface area (Å²) in [5.41, 5.74) is 0.884. The minimum Gasteiger partial charge on any atom is -0.481 e. The molecule has 6 nitrogen and oxygen atoms in total. The van der Waals surface area contributed by atoms with Gasteiger partial charge in [0.1, 0.15) is 6.61 Å². The van der Waals surface area contributed by atoms with Crippen molar-refractivity contribution in [1.29, 1.82) is 0 Å². The molecule has 1 aromatic carbocycles. The summed E-state index contributed by atoms with van der Waals surface area (Å²) < 4.78 is 10.2. The maximum absolute atomic E-state index is 11.6. The highest BCUT2D eigenvalue weighted by Crippen LogP contribution is 2.24. The van der Waals surface area contributed by atoms with Crippen LogP contribution in [0, 0.1) is 0 Å². The molecule has 0 saturated carbocycles. The lowest BCUT2D eigenvalue weighted by atomic mass is 9.99. The summed E-state index contributed by atoms with van der Waals surface area (Å²) in [7, 11) is 0. The van der Waals surface area contributed by atoms with E-state index in [1.165, 1.54) is 0 Å². The van der Waals surface area contributed by atoms with Crippen molar-refractivity contribution in [2.24, 2.45) is 0 Å². The van der Waals surface area contributed by atoms with E-state index in [1.807, 2.05) is 35.2 Å². The van der Waals surface area contributed by atoms with Gasteiger partial charge in [0.2, 0.25) is 0 Å². The number of benzene rings is 1. The third-order valence-corrected chi connectivity index (χ3v) is 3.53. The van der Waals surface area contributed by atoms with Gasteiger partial charge in [-0.05, 0) is 18.9 Å². The number of ether oxygens (including phenoxy) is 2. The zero-order valence-corrected chi connectivity index (χ0v) is 11.9. The predicted octanol–water partition coefficient (Wildman–Crippen LogP) is 2.23. The van der Waals surface area contributed by atoms with Gasteiger partial charge >= 0.3 is 12.1 Å². The van der Waals surface area contributed by atoms with Gasteiger partial charge in [0.05, 0.1) is 6.42 Å². The first-order chi connectivity index (χ1) is 10.1. The van der Waals surface area contributed by atoms with Gasteiger partial charge in [0.25, 0.3) is 0 Å². The molecule has 0 spiro atoms. The number of likely N-dealkylation sites (tertiary alicyclic amines) is 1. The maximum atomic E-state index is 11.6. The number of carboxylic acids is 1. The zero-order chi connectivity index (χ0) is 15.2. The fraction of sp³-hybridized carbons (Fsp3) is 0.467. The van der Waals surface area contributed by atoms with E-state index in [-0.39, 0.29) is 19.1 Å². The second kappa shape index (κ2) is 7.08. The lowest BCUT2D eigenvalue weighted by molar-refractivity contribution is -0.143. The number of rotatable bonds is 6. The van der Waals surface area contributed by atoms with Crippen molar-refractivity contribution in [2.45, 2.75) is 38.6 Å². The van der Waals surface area contributed by atoms with Crippen LogP contribution in [0.15, 0.2) is 30.3 Å². The molecule has 1 heterocycles. The Morgan fingerprint density at radius 1 is 1.38 bits per heavy atom. The zero-order valence-electron chi connectivity index (χ0n) is 11.9. The normalized spacial score (nSPS) is 19.4. The largest absolute Gasteiger partial charge is 0.510 e. The number of hydrogen-bond acceptors (Lipinski definition) is 5. The molecule has 0 aromatic heterocycles. The van der Waals surface area contributed by atoms with Crippen LogP contribution in [0.2, 0.25) is 0 Å². The van der Waals surface area contributed by atoms with Gasteiger partial charge in [-0.1, -0.05) is 30.3 Å². The molecule has 1 fully saturated rings. The summed E-state index contributed by atoms with van der Waals surface area (Å²) in [5, 5.41) is 8.78. The monoisotopic (exact) mass is 293 g/mol. The third-order valence-electron chi connectivity index (χ3n) is 3.53. The van der Waals surface area contributed by atoms with Crippen LogP contribution in [-0.2, 0) is 20.9 Å². The Balaban J connectivity index is 1.73. The van der Waals surface area contributed by atoms with Gasteiger partial charge in [-0.3, -0.25) is 9.69 Å². The molecule has 114 valence electrons. The van der Waals surface area contributed by atoms with E-state index < -0.39 is 18.4 Å². The smallest absolute Gasteiger partial charge is 0.481 e. The second-order valence-electron chi connectivity index (χ2n) is 5.02. The van der Waals surface area contributed by atoms with E-state index in [2.05, 4.69) is 0 Å². The molecule has 1 aromatic rings. The predicted molar refractivity (Wildman–Crippen MR) is 74.5 cm³/mol. The molecule has 1 aliphatic heterocycles. The van der Waals surface area contributed by atoms with E-state index in [0.29, 0.717) is 0 Å². The summed E-state index contributed by atoms with van der Waals surface area (Å²) in [6.07, 6.45) is -0.357. The van der Waals surface area contributed by atoms with Gasteiger partial charge in [0, 0.05) is 12.6 Å². The van der Waals surface area contributed by atoms with Gasteiger partial charge in [-0.2, -0.15) is 0 Å². The van der Waals surface area contributed by atoms with Crippen LogP contribution in [0.3, 0.4) is 0 Å². The average molecular weight is 293 g/mol. The van der Waals surface area contributed by atoms with Gasteiger partial charge < -0.3 is 14.6 Å². The van der Waals surface area contributed by atoms with Gasteiger partial charge in [0.15, 0.2) is 6.23 Å². The van der Waals surface area contributed by atoms with E-state index in [4.69, 9.17) is 14.6 Å². The number of carbonyl (C=O) groups is 2. The molecule has 0 bridgehead atoms. The van der Waals surface area contributed by atoms with Crippen molar-refractivity contribution in [3.63, 3.8) is 0 Å². The topological polar surface area (TPSA) is 76.1 Å². The number of aliphatic carboxylic acids is 1. The molecular weight excluding hydrogens is 274 g/mol. The van der Waals surface area contributed by atoms with E-state index in [9.17, 15) is 9.59 Å². The summed E-state index contributed by atoms with van der Waals surface area (Å²) >= 11 is 0. The van der Waals surface area contributed by atoms with E-state index >= 15 is 0 Å². The van der Waals surface area contributed by atoms with Crippen molar-refractivity contribution >= 4 is 12.1 Å². The molecule has 0 aliphatic carbocycles. The number of carboxylic acid groups (broad SMARTS) is 1. The Hall–Kier alpha value is -2.08. The highest BCUT2D eigenvalue weighted by atomic mass is 16.7. The molecule has 6 heteroatoms. The summed E-state index contributed by atoms with van der Waals surface area (Å²) in [5.74, 6) is -0.844. The first kappa shape index (κ1) is 15.3. The van der Waals surface area contributed by atoms with Crippen molar-refractivity contribution in [3.05, 3.63) is 35.9 Å². The quantitative estimate of drug-likeness (QED) is 0.811. The molecular formula is C15H19NO5. The molecule has 21 heavy (non-hydrogen) atoms. The summed E-state index contributed by atoms with van der Waals surface area (Å²) in [4.78, 5) is 24.2. The molecule has 2 atom stereocenters. The van der Waals surface area contributed by atoms with Crippen molar-refractivity contribution in [1.82, 2.24) is 4.90 Å². The molecule has 0 radical (unpaired) electrons. The van der Waals surface area contributed by atoms with E-state index in [1.54, 1.807) is 6.92 Å². The molecule has 1 aliphatic rings. The number of nitrogens with zero attached hydrogens (tertiary/aromatic N) is 1. The third kappa shape index (κ3) is 4.46. The van der Waals surface area contributed by atoms with Crippen LogP contribution in [0.25, 0.3) is 0 Å². The Bertz CT molecular complexity index is 490. The standard InChI is InChI=1S/C15H19NO5/c1-11(16-8-7-13(16)9-14(17)18)21-15(19)20-10-12-5-3-2-4-6-12/h2-6,11,13H,7-10H2,1H3,(H,17,18). The fourth-order valence-electron chi connectivity index (χ4n) is 2.32. The Kier molecular flexibility index (Phi) is 5.16. The highest BCUT2D eigenvalue weighted by Gasteiger charge is 2.35. The highest BCUT2D eigenvalue weighted by molar-refractivity contribution is 5.67. The van der Waals surface area contributed by atoms with Gasteiger partial charge in [-0.15, -0.1) is 0 Å². The molecule has 1 N–H and O–H groups in total. The first-order valence-corrected chi connectivity index (χ1v) is 6.91. The minimum atomic E-state index is -0.844. The first-order valence-electron chi connectivity index (χ1n) is 6.91. The molecule has 2 rings (SSSR count). The van der Waals surface area contributed by atoms with Crippen molar-refractivity contribution < 1.29 is 24.2 Å². The van der Waals surface area contributed by atoms with Crippen LogP contribution in [0.4, 0.5) is 4.79 Å². The summed E-state index contributed by atoms with van der Waals surface area (Å²) in [6, 6.07) is 9.26. The Morgan fingerprint density at radius 2 is 2.10 bits per heavy atom. The minimum absolute atomic E-state index is 0.0623. The van der Waals surface area contributed by atoms with Crippen molar-refractivity contribution in [3.8, 4) is 0 Å². The van der Waals surface area contributed by atoms with Crippen LogP contribution in [-0.4, -0.2) is 40.9 Å². The van der Waals surface area contributed by atoms with Crippen LogP contribution >= 0.6 is 0 Å². The van der Waals surface area contributed by atoms with E-state index in [0.717, 1.165) is 18.5 Å². The lowest BCUT2D eigenvalue weighted by Crippen LogP contribution is -2.54. The SMILES string of the molecule is CC(OC(=O)OCc1ccccc1)N1CCC1CC(=O)O. The average Bonchev–Trinajstić information content (AvgIpc) is 2.42. The number of hydrogen-bond donors (Lipinski definition) is 1. The molecule has 0 amide bonds. The second-order valence-corrected chi connectivity index (χ2v) is 5.02. The summed E-state index contributed by atoms with van der Waals surface area (Å²) in [6.45, 7) is 2.60. The van der Waals surface area contributed by atoms with Crippen molar-refractivity contribution in [2.75, 3.05) is 6.54 Å². The maximum Gasteiger partial charge on any atom is 0.510 e. The van der Waals surface area contributed by atoms with Crippen LogP contribution in [0.1, 0.15) is 25.3 Å². The molecule has 1 saturated heterocycles. The Morgan fingerprint density at radius 3 is 2.67 bits per heavy atom. The number of carbonyl (C=O) groups excluding carboxylic acids is 1. The molecule has 2 unspecified atom stereocenters. The lowest BCUT2D eigenvalue weighted by Gasteiger charge is -2.43.